The molecule has 1 N–H and O–H groups in total. The number of hydrogen-bond acceptors (Lipinski definition) is 5. The molecule has 1 aliphatic rings. The van der Waals surface area contributed by atoms with Gasteiger partial charge in [-0.3, -0.25) is 4.79 Å². The SMILES string of the molecule is CNC(CCN(C)CC1CCCO1)C(=O)OC. The van der Waals surface area contributed by atoms with E-state index in [1.807, 2.05) is 0 Å². The van der Waals surface area contributed by atoms with E-state index in [9.17, 15) is 4.79 Å². The van der Waals surface area contributed by atoms with Crippen LogP contribution in [0.1, 0.15) is 19.3 Å². The Hall–Kier alpha value is -0.650. The molecule has 0 saturated carbocycles. The van der Waals surface area contributed by atoms with Crippen LogP contribution in [0.2, 0.25) is 0 Å². The number of methoxy groups -OCH3 is 1. The van der Waals surface area contributed by atoms with E-state index in [4.69, 9.17) is 9.47 Å². The van der Waals surface area contributed by atoms with E-state index in [1.54, 1.807) is 7.05 Å². The van der Waals surface area contributed by atoms with E-state index in [1.165, 1.54) is 13.5 Å². The van der Waals surface area contributed by atoms with Gasteiger partial charge in [-0.1, -0.05) is 0 Å². The smallest absolute Gasteiger partial charge is 0.322 e. The lowest BCUT2D eigenvalue weighted by Gasteiger charge is -2.22. The molecule has 5 nitrogen and oxygen atoms in total. The molecule has 100 valence electrons. The molecule has 2 unspecified atom stereocenters. The zero-order chi connectivity index (χ0) is 12.7. The number of esters is 1. The summed E-state index contributed by atoms with van der Waals surface area (Å²) in [5.74, 6) is -0.196. The second-order valence-electron chi connectivity index (χ2n) is 4.55. The van der Waals surface area contributed by atoms with Gasteiger partial charge in [-0.15, -0.1) is 0 Å². The van der Waals surface area contributed by atoms with Gasteiger partial charge in [0.25, 0.3) is 0 Å². The van der Waals surface area contributed by atoms with Gasteiger partial charge in [-0.2, -0.15) is 0 Å². The first kappa shape index (κ1) is 14.4. The largest absolute Gasteiger partial charge is 0.468 e. The van der Waals surface area contributed by atoms with Crippen molar-refractivity contribution >= 4 is 5.97 Å². The summed E-state index contributed by atoms with van der Waals surface area (Å²) in [6, 6.07) is -0.216. The van der Waals surface area contributed by atoms with Gasteiger partial charge in [0.2, 0.25) is 0 Å². The van der Waals surface area contributed by atoms with Gasteiger partial charge in [-0.05, 0) is 39.9 Å². The van der Waals surface area contributed by atoms with Crippen molar-refractivity contribution in [3.63, 3.8) is 0 Å². The second kappa shape index (κ2) is 7.63. The lowest BCUT2D eigenvalue weighted by Crippen LogP contribution is -2.39. The minimum atomic E-state index is -0.216. The molecule has 0 aromatic rings. The molecule has 0 spiro atoms. The van der Waals surface area contributed by atoms with Crippen molar-refractivity contribution in [3.05, 3.63) is 0 Å². The fourth-order valence-corrected chi connectivity index (χ4v) is 2.10. The quantitative estimate of drug-likeness (QED) is 0.651. The standard InChI is InChI=1S/C12H24N2O3/c1-13-11(12(15)16-3)6-7-14(2)9-10-5-4-8-17-10/h10-11,13H,4-9H2,1-3H3. The first-order valence-electron chi connectivity index (χ1n) is 6.22. The molecule has 1 heterocycles. The average molecular weight is 244 g/mol. The molecule has 0 aromatic heterocycles. The van der Waals surface area contributed by atoms with Gasteiger partial charge in [0, 0.05) is 13.2 Å². The zero-order valence-corrected chi connectivity index (χ0v) is 11.1. The fourth-order valence-electron chi connectivity index (χ4n) is 2.10. The first-order valence-corrected chi connectivity index (χ1v) is 6.22. The number of likely N-dealkylation sites (N-methyl/N-ethyl adjacent to an activating group) is 2. The summed E-state index contributed by atoms with van der Waals surface area (Å²) in [6.07, 6.45) is 3.44. The average Bonchev–Trinajstić information content (AvgIpc) is 2.82. The van der Waals surface area contributed by atoms with Gasteiger partial charge in [0.15, 0.2) is 0 Å². The summed E-state index contributed by atoms with van der Waals surface area (Å²) in [6.45, 7) is 2.69. The van der Waals surface area contributed by atoms with E-state index in [-0.39, 0.29) is 12.0 Å². The number of ether oxygens (including phenoxy) is 2. The third kappa shape index (κ3) is 5.02. The van der Waals surface area contributed by atoms with Crippen molar-refractivity contribution in [3.8, 4) is 0 Å². The topological polar surface area (TPSA) is 50.8 Å². The predicted molar refractivity (Wildman–Crippen MR) is 66.0 cm³/mol. The number of carbonyl (C=O) groups is 1. The van der Waals surface area contributed by atoms with Gasteiger partial charge >= 0.3 is 5.97 Å². The van der Waals surface area contributed by atoms with Crippen LogP contribution in [0, 0.1) is 0 Å². The Labute approximate surface area is 103 Å². The van der Waals surface area contributed by atoms with Crippen molar-refractivity contribution in [2.75, 3.05) is 40.9 Å². The molecule has 0 amide bonds. The van der Waals surface area contributed by atoms with Crippen LogP contribution in [-0.4, -0.2) is 63.9 Å². The molecule has 1 aliphatic heterocycles. The van der Waals surface area contributed by atoms with Gasteiger partial charge in [-0.25, -0.2) is 0 Å². The normalized spacial score (nSPS) is 21.8. The summed E-state index contributed by atoms with van der Waals surface area (Å²) >= 11 is 0. The highest BCUT2D eigenvalue weighted by Gasteiger charge is 2.20. The molecular formula is C12H24N2O3. The Morgan fingerprint density at radius 3 is 2.94 bits per heavy atom. The molecule has 0 aromatic carbocycles. The van der Waals surface area contributed by atoms with Crippen molar-refractivity contribution in [2.45, 2.75) is 31.4 Å². The summed E-state index contributed by atoms with van der Waals surface area (Å²) < 4.78 is 10.3. The Morgan fingerprint density at radius 1 is 1.65 bits per heavy atom. The van der Waals surface area contributed by atoms with Crippen LogP contribution >= 0.6 is 0 Å². The second-order valence-corrected chi connectivity index (χ2v) is 4.55. The lowest BCUT2D eigenvalue weighted by atomic mass is 10.2. The van der Waals surface area contributed by atoms with E-state index >= 15 is 0 Å². The van der Waals surface area contributed by atoms with Crippen molar-refractivity contribution in [1.82, 2.24) is 10.2 Å². The maximum Gasteiger partial charge on any atom is 0.322 e. The molecule has 5 heteroatoms. The van der Waals surface area contributed by atoms with Crippen molar-refractivity contribution in [1.29, 1.82) is 0 Å². The Kier molecular flexibility index (Phi) is 6.47. The molecule has 1 fully saturated rings. The Bertz CT molecular complexity index is 230. The van der Waals surface area contributed by atoms with Crippen LogP contribution < -0.4 is 5.32 Å². The van der Waals surface area contributed by atoms with E-state index in [0.29, 0.717) is 6.10 Å². The first-order chi connectivity index (χ1) is 8.17. The number of nitrogens with one attached hydrogen (secondary N) is 1. The fraction of sp³-hybridized carbons (Fsp3) is 0.917. The summed E-state index contributed by atoms with van der Waals surface area (Å²) in [4.78, 5) is 13.6. The van der Waals surface area contributed by atoms with E-state index in [0.717, 1.165) is 32.5 Å². The minimum Gasteiger partial charge on any atom is -0.468 e. The van der Waals surface area contributed by atoms with Gasteiger partial charge < -0.3 is 19.7 Å². The number of hydrogen-bond donors (Lipinski definition) is 1. The van der Waals surface area contributed by atoms with Crippen LogP contribution in [0.5, 0.6) is 0 Å². The van der Waals surface area contributed by atoms with Crippen LogP contribution in [0.25, 0.3) is 0 Å². The molecular weight excluding hydrogens is 220 g/mol. The Balaban J connectivity index is 2.20. The highest BCUT2D eigenvalue weighted by molar-refractivity contribution is 5.75. The highest BCUT2D eigenvalue weighted by Crippen LogP contribution is 2.12. The summed E-state index contributed by atoms with van der Waals surface area (Å²) in [5, 5.41) is 2.97. The van der Waals surface area contributed by atoms with Crippen LogP contribution in [0.15, 0.2) is 0 Å². The highest BCUT2D eigenvalue weighted by atomic mass is 16.5. The molecule has 0 bridgehead atoms. The maximum absolute atomic E-state index is 11.4. The van der Waals surface area contributed by atoms with Crippen molar-refractivity contribution < 1.29 is 14.3 Å². The van der Waals surface area contributed by atoms with E-state index in [2.05, 4.69) is 17.3 Å². The molecule has 1 rings (SSSR count). The van der Waals surface area contributed by atoms with Crippen LogP contribution in [0.4, 0.5) is 0 Å². The van der Waals surface area contributed by atoms with Crippen LogP contribution in [-0.2, 0) is 14.3 Å². The maximum atomic E-state index is 11.4. The molecule has 2 atom stereocenters. The zero-order valence-electron chi connectivity index (χ0n) is 11.1. The third-order valence-electron chi connectivity index (χ3n) is 3.17. The van der Waals surface area contributed by atoms with Crippen LogP contribution in [0.3, 0.4) is 0 Å². The predicted octanol–water partition coefficient (Wildman–Crippen LogP) is 0.248. The van der Waals surface area contributed by atoms with E-state index < -0.39 is 0 Å². The molecule has 0 aliphatic carbocycles. The van der Waals surface area contributed by atoms with Crippen molar-refractivity contribution in [2.24, 2.45) is 0 Å². The monoisotopic (exact) mass is 244 g/mol. The minimum absolute atomic E-state index is 0.196. The number of nitrogens with zero attached hydrogens (tertiary/aromatic N) is 1. The van der Waals surface area contributed by atoms with Gasteiger partial charge in [0.1, 0.15) is 6.04 Å². The molecule has 0 radical (unpaired) electrons. The number of carbonyl (C=O) groups excluding carboxylic acids is 1. The lowest BCUT2D eigenvalue weighted by molar-refractivity contribution is -0.143. The van der Waals surface area contributed by atoms with Gasteiger partial charge in [0.05, 0.1) is 13.2 Å². The molecule has 1 saturated heterocycles. The molecule has 17 heavy (non-hydrogen) atoms. The Morgan fingerprint density at radius 2 is 2.41 bits per heavy atom. The third-order valence-corrected chi connectivity index (χ3v) is 3.17. The summed E-state index contributed by atoms with van der Waals surface area (Å²) in [5.41, 5.74) is 0. The summed E-state index contributed by atoms with van der Waals surface area (Å²) in [7, 11) is 5.26. The number of rotatable bonds is 7.